The fourth-order valence-corrected chi connectivity index (χ4v) is 3.22. The third kappa shape index (κ3) is 4.65. The van der Waals surface area contributed by atoms with Gasteiger partial charge in [0.15, 0.2) is 5.78 Å². The van der Waals surface area contributed by atoms with Crippen molar-refractivity contribution in [1.82, 2.24) is 4.98 Å². The van der Waals surface area contributed by atoms with Crippen LogP contribution >= 0.6 is 22.9 Å². The zero-order chi connectivity index (χ0) is 18.5. The third-order valence-electron chi connectivity index (χ3n) is 3.49. The van der Waals surface area contributed by atoms with Crippen LogP contribution in [-0.4, -0.2) is 16.7 Å². The Morgan fingerprint density at radius 3 is 2.65 bits per heavy atom. The van der Waals surface area contributed by atoms with Gasteiger partial charge in [0.05, 0.1) is 5.69 Å². The molecule has 0 unspecified atom stereocenters. The van der Waals surface area contributed by atoms with Crippen molar-refractivity contribution in [3.05, 3.63) is 76.3 Å². The molecule has 26 heavy (non-hydrogen) atoms. The van der Waals surface area contributed by atoms with Crippen molar-refractivity contribution in [3.63, 3.8) is 0 Å². The lowest BCUT2D eigenvalue weighted by Crippen LogP contribution is -2.06. The summed E-state index contributed by atoms with van der Waals surface area (Å²) in [4.78, 5) is 28.0. The Morgan fingerprint density at radius 1 is 1.15 bits per heavy atom. The number of carbonyl (C=O) groups excluding carboxylic acids is 2. The lowest BCUT2D eigenvalue weighted by Gasteiger charge is -2.03. The van der Waals surface area contributed by atoms with Gasteiger partial charge in [-0.1, -0.05) is 35.9 Å². The fourth-order valence-electron chi connectivity index (χ4n) is 2.30. The number of hydrogen-bond donors (Lipinski definition) is 1. The second-order valence-electron chi connectivity index (χ2n) is 5.54. The van der Waals surface area contributed by atoms with E-state index < -0.39 is 0 Å². The minimum atomic E-state index is -0.178. The lowest BCUT2D eigenvalue weighted by molar-refractivity contribution is -0.114. The highest BCUT2D eigenvalue weighted by atomic mass is 35.5. The van der Waals surface area contributed by atoms with E-state index in [1.807, 2.05) is 29.6 Å². The van der Waals surface area contributed by atoms with Crippen LogP contribution in [0.3, 0.4) is 0 Å². The molecule has 1 amide bonds. The smallest absolute Gasteiger partial charge is 0.221 e. The maximum Gasteiger partial charge on any atom is 0.221 e. The van der Waals surface area contributed by atoms with Gasteiger partial charge in [0.25, 0.3) is 0 Å². The van der Waals surface area contributed by atoms with Crippen molar-refractivity contribution in [3.8, 4) is 10.6 Å². The second-order valence-corrected chi connectivity index (χ2v) is 6.84. The molecule has 0 aliphatic rings. The number of halogens is 1. The molecule has 0 aliphatic carbocycles. The molecule has 0 aliphatic heterocycles. The molecule has 6 heteroatoms. The highest BCUT2D eigenvalue weighted by Gasteiger charge is 2.06. The van der Waals surface area contributed by atoms with Gasteiger partial charge in [0, 0.05) is 34.1 Å². The number of rotatable bonds is 5. The molecule has 4 nitrogen and oxygen atoms in total. The number of ketones is 1. The highest BCUT2D eigenvalue weighted by molar-refractivity contribution is 7.13. The zero-order valence-corrected chi connectivity index (χ0v) is 15.5. The number of nitrogens with zero attached hydrogens (tertiary/aromatic N) is 1. The van der Waals surface area contributed by atoms with Gasteiger partial charge in [0.1, 0.15) is 5.01 Å². The van der Waals surface area contributed by atoms with Crippen LogP contribution in [0.4, 0.5) is 5.69 Å². The number of amides is 1. The number of hydrogen-bond acceptors (Lipinski definition) is 4. The van der Waals surface area contributed by atoms with Crippen molar-refractivity contribution in [1.29, 1.82) is 0 Å². The van der Waals surface area contributed by atoms with Crippen LogP contribution in [0.5, 0.6) is 0 Å². The molecule has 3 aromatic rings. The van der Waals surface area contributed by atoms with Gasteiger partial charge >= 0.3 is 0 Å². The van der Waals surface area contributed by atoms with Gasteiger partial charge in [-0.05, 0) is 36.4 Å². The number of carbonyl (C=O) groups is 2. The van der Waals surface area contributed by atoms with Gasteiger partial charge < -0.3 is 5.32 Å². The van der Waals surface area contributed by atoms with E-state index in [1.165, 1.54) is 24.3 Å². The van der Waals surface area contributed by atoms with Gasteiger partial charge in [-0.15, -0.1) is 11.3 Å². The maximum atomic E-state index is 12.3. The number of benzene rings is 2. The summed E-state index contributed by atoms with van der Waals surface area (Å²) in [5.41, 5.74) is 2.79. The van der Waals surface area contributed by atoms with Crippen LogP contribution < -0.4 is 5.32 Å². The quantitative estimate of drug-likeness (QED) is 0.480. The molecular weight excluding hydrogens is 368 g/mol. The van der Waals surface area contributed by atoms with Gasteiger partial charge in [-0.3, -0.25) is 9.59 Å². The van der Waals surface area contributed by atoms with Crippen molar-refractivity contribution in [2.75, 3.05) is 5.32 Å². The summed E-state index contributed by atoms with van der Waals surface area (Å²) in [6.45, 7) is 1.43. The van der Waals surface area contributed by atoms with E-state index in [4.69, 9.17) is 11.6 Å². The largest absolute Gasteiger partial charge is 0.326 e. The molecule has 0 saturated heterocycles. The molecule has 130 valence electrons. The molecule has 0 atom stereocenters. The summed E-state index contributed by atoms with van der Waals surface area (Å²) in [6, 6.07) is 14.3. The first-order chi connectivity index (χ1) is 12.5. The van der Waals surface area contributed by atoms with Crippen LogP contribution in [0.1, 0.15) is 23.0 Å². The molecule has 2 aromatic carbocycles. The van der Waals surface area contributed by atoms with Crippen molar-refractivity contribution >= 4 is 46.4 Å². The Morgan fingerprint density at radius 2 is 1.92 bits per heavy atom. The average molecular weight is 383 g/mol. The van der Waals surface area contributed by atoms with Crippen molar-refractivity contribution in [2.24, 2.45) is 0 Å². The lowest BCUT2D eigenvalue weighted by atomic mass is 10.1. The number of allylic oxidation sites excluding steroid dienone is 1. The van der Waals surface area contributed by atoms with Crippen molar-refractivity contribution in [2.45, 2.75) is 6.92 Å². The Labute approximate surface area is 160 Å². The molecule has 1 aromatic heterocycles. The third-order valence-corrected chi connectivity index (χ3v) is 4.65. The highest BCUT2D eigenvalue weighted by Crippen LogP contribution is 2.25. The number of aromatic nitrogens is 1. The van der Waals surface area contributed by atoms with E-state index in [1.54, 1.807) is 30.3 Å². The topological polar surface area (TPSA) is 59.1 Å². The first-order valence-electron chi connectivity index (χ1n) is 7.83. The first-order valence-corrected chi connectivity index (χ1v) is 9.08. The summed E-state index contributed by atoms with van der Waals surface area (Å²) in [6.07, 6.45) is 3.16. The molecule has 0 radical (unpaired) electrons. The fraction of sp³-hybridized carbons (Fsp3) is 0.0500. The summed E-state index contributed by atoms with van der Waals surface area (Å²) in [5.74, 6) is -0.333. The van der Waals surface area contributed by atoms with E-state index >= 15 is 0 Å². The SMILES string of the molecule is CC(=O)Nc1cccc(C(=O)/C=C/c2csc(-c3ccc(Cl)cc3)n2)c1. The van der Waals surface area contributed by atoms with Gasteiger partial charge in [-0.2, -0.15) is 0 Å². The van der Waals surface area contributed by atoms with Crippen molar-refractivity contribution < 1.29 is 9.59 Å². The Bertz CT molecular complexity index is 977. The van der Waals surface area contributed by atoms with Gasteiger partial charge in [-0.25, -0.2) is 4.98 Å². The predicted octanol–water partition coefficient (Wildman–Crippen LogP) is 5.32. The molecular formula is C20H15ClN2O2S. The van der Waals surface area contributed by atoms with Crippen LogP contribution in [-0.2, 0) is 4.79 Å². The van der Waals surface area contributed by atoms with E-state index in [2.05, 4.69) is 10.3 Å². The first kappa shape index (κ1) is 18.0. The normalized spacial score (nSPS) is 10.8. The summed E-state index contributed by atoms with van der Waals surface area (Å²) in [5, 5.41) is 6.09. The Balaban J connectivity index is 1.73. The van der Waals surface area contributed by atoms with E-state index in [9.17, 15) is 9.59 Å². The molecule has 3 rings (SSSR count). The average Bonchev–Trinajstić information content (AvgIpc) is 3.09. The Hall–Kier alpha value is -2.76. The monoisotopic (exact) mass is 382 g/mol. The number of anilines is 1. The van der Waals surface area contributed by atoms with Crippen LogP contribution in [0, 0.1) is 0 Å². The molecule has 1 heterocycles. The molecule has 0 saturated carbocycles. The van der Waals surface area contributed by atoms with Crippen LogP contribution in [0.2, 0.25) is 5.02 Å². The minimum absolute atomic E-state index is 0.154. The summed E-state index contributed by atoms with van der Waals surface area (Å²) < 4.78 is 0. The van der Waals surface area contributed by atoms with E-state index in [0.29, 0.717) is 22.0 Å². The Kier molecular flexibility index (Phi) is 5.61. The number of nitrogens with one attached hydrogen (secondary N) is 1. The standard InChI is InChI=1S/C20H15ClN2O2S/c1-13(24)22-17-4-2-3-15(11-17)19(25)10-9-18-12-26-20(23-18)14-5-7-16(21)8-6-14/h2-12H,1H3,(H,22,24)/b10-9+. The maximum absolute atomic E-state index is 12.3. The van der Waals surface area contributed by atoms with Crippen LogP contribution in [0.25, 0.3) is 16.6 Å². The van der Waals surface area contributed by atoms with Crippen LogP contribution in [0.15, 0.2) is 60.0 Å². The van der Waals surface area contributed by atoms with Gasteiger partial charge in [0.2, 0.25) is 5.91 Å². The molecule has 1 N–H and O–H groups in total. The molecule has 0 spiro atoms. The zero-order valence-electron chi connectivity index (χ0n) is 13.9. The predicted molar refractivity (Wildman–Crippen MR) is 107 cm³/mol. The van der Waals surface area contributed by atoms with E-state index in [0.717, 1.165) is 10.6 Å². The summed E-state index contributed by atoms with van der Waals surface area (Å²) >= 11 is 7.40. The molecule has 0 bridgehead atoms. The van der Waals surface area contributed by atoms with E-state index in [-0.39, 0.29) is 11.7 Å². The molecule has 0 fully saturated rings. The summed E-state index contributed by atoms with van der Waals surface area (Å²) in [7, 11) is 0. The second kappa shape index (κ2) is 8.08. The minimum Gasteiger partial charge on any atom is -0.326 e. The number of thiazole rings is 1.